The summed E-state index contributed by atoms with van der Waals surface area (Å²) in [4.78, 5) is 33.6. The molecular formula is C19H23N5O3. The van der Waals surface area contributed by atoms with E-state index in [1.807, 2.05) is 32.4 Å². The van der Waals surface area contributed by atoms with Crippen LogP contribution in [0.1, 0.15) is 15.9 Å². The van der Waals surface area contributed by atoms with Gasteiger partial charge in [0.1, 0.15) is 0 Å². The van der Waals surface area contributed by atoms with Crippen LogP contribution in [0.5, 0.6) is 0 Å². The van der Waals surface area contributed by atoms with Crippen molar-refractivity contribution in [1.82, 2.24) is 14.8 Å². The number of amides is 1. The van der Waals surface area contributed by atoms with Crippen LogP contribution in [0, 0.1) is 10.1 Å². The van der Waals surface area contributed by atoms with Gasteiger partial charge in [-0.25, -0.2) is 0 Å². The Morgan fingerprint density at radius 1 is 1.22 bits per heavy atom. The largest absolute Gasteiger partial charge is 0.377 e. The molecule has 1 amide bonds. The third-order valence-electron chi connectivity index (χ3n) is 4.69. The van der Waals surface area contributed by atoms with Crippen molar-refractivity contribution in [2.45, 2.75) is 6.54 Å². The molecule has 1 aliphatic heterocycles. The van der Waals surface area contributed by atoms with Crippen molar-refractivity contribution in [3.8, 4) is 0 Å². The molecule has 0 atom stereocenters. The van der Waals surface area contributed by atoms with Gasteiger partial charge in [0.2, 0.25) is 0 Å². The van der Waals surface area contributed by atoms with Crippen molar-refractivity contribution in [3.63, 3.8) is 0 Å². The molecule has 0 spiro atoms. The highest BCUT2D eigenvalue weighted by atomic mass is 16.6. The molecule has 1 aromatic carbocycles. The van der Waals surface area contributed by atoms with Gasteiger partial charge in [0.15, 0.2) is 0 Å². The lowest BCUT2D eigenvalue weighted by atomic mass is 10.1. The maximum Gasteiger partial charge on any atom is 0.270 e. The van der Waals surface area contributed by atoms with Gasteiger partial charge in [0.25, 0.3) is 11.6 Å². The molecule has 27 heavy (non-hydrogen) atoms. The van der Waals surface area contributed by atoms with E-state index in [4.69, 9.17) is 0 Å². The number of carbonyl (C=O) groups is 1. The first-order valence-corrected chi connectivity index (χ1v) is 8.82. The molecule has 0 N–H and O–H groups in total. The predicted octanol–water partition coefficient (Wildman–Crippen LogP) is 2.01. The van der Waals surface area contributed by atoms with E-state index < -0.39 is 4.92 Å². The standard InChI is InChI=1S/C19H23N5O3/c1-21(2)18-6-5-16(24(26)27)12-17(18)19(25)23-10-8-22(9-11-23)14-15-4-3-7-20-13-15/h3-7,12-13H,8-11,14H2,1-2H3. The lowest BCUT2D eigenvalue weighted by molar-refractivity contribution is -0.384. The fourth-order valence-corrected chi connectivity index (χ4v) is 3.23. The number of non-ortho nitro benzene ring substituents is 1. The monoisotopic (exact) mass is 369 g/mol. The van der Waals surface area contributed by atoms with Crippen LogP contribution in [0.4, 0.5) is 11.4 Å². The second-order valence-corrected chi connectivity index (χ2v) is 6.78. The number of anilines is 1. The molecule has 8 heteroatoms. The number of hydrogen-bond acceptors (Lipinski definition) is 6. The Morgan fingerprint density at radius 2 is 1.96 bits per heavy atom. The quantitative estimate of drug-likeness (QED) is 0.592. The Kier molecular flexibility index (Phi) is 5.66. The zero-order valence-corrected chi connectivity index (χ0v) is 15.5. The number of benzene rings is 1. The van der Waals surface area contributed by atoms with Crippen LogP contribution in [0.25, 0.3) is 0 Å². The third kappa shape index (κ3) is 4.40. The van der Waals surface area contributed by atoms with E-state index in [0.717, 1.165) is 25.2 Å². The van der Waals surface area contributed by atoms with Gasteiger partial charge in [0, 0.05) is 77.0 Å². The van der Waals surface area contributed by atoms with Crippen molar-refractivity contribution in [2.75, 3.05) is 45.2 Å². The fraction of sp³-hybridized carbons (Fsp3) is 0.368. The van der Waals surface area contributed by atoms with Crippen LogP contribution in [-0.4, -0.2) is 65.9 Å². The third-order valence-corrected chi connectivity index (χ3v) is 4.69. The van der Waals surface area contributed by atoms with Crippen LogP contribution in [-0.2, 0) is 6.54 Å². The first kappa shape index (κ1) is 18.8. The normalized spacial score (nSPS) is 14.8. The average Bonchev–Trinajstić information content (AvgIpc) is 2.68. The van der Waals surface area contributed by atoms with E-state index in [1.54, 1.807) is 22.1 Å². The molecule has 0 saturated carbocycles. The van der Waals surface area contributed by atoms with E-state index in [2.05, 4.69) is 9.88 Å². The van der Waals surface area contributed by atoms with Crippen molar-refractivity contribution < 1.29 is 9.72 Å². The second-order valence-electron chi connectivity index (χ2n) is 6.78. The second kappa shape index (κ2) is 8.13. The molecule has 8 nitrogen and oxygen atoms in total. The lowest BCUT2D eigenvalue weighted by Crippen LogP contribution is -2.48. The summed E-state index contributed by atoms with van der Waals surface area (Å²) in [5, 5.41) is 11.1. The summed E-state index contributed by atoms with van der Waals surface area (Å²) < 4.78 is 0. The van der Waals surface area contributed by atoms with Crippen LogP contribution < -0.4 is 4.90 Å². The molecule has 0 aliphatic carbocycles. The Bertz CT molecular complexity index is 817. The molecule has 0 radical (unpaired) electrons. The SMILES string of the molecule is CN(C)c1ccc([N+](=O)[O-])cc1C(=O)N1CCN(Cc2cccnc2)CC1. The zero-order valence-electron chi connectivity index (χ0n) is 15.5. The zero-order chi connectivity index (χ0) is 19.4. The predicted molar refractivity (Wildman–Crippen MR) is 103 cm³/mol. The highest BCUT2D eigenvalue weighted by Crippen LogP contribution is 2.26. The van der Waals surface area contributed by atoms with Crippen LogP contribution in [0.3, 0.4) is 0 Å². The molecule has 2 aromatic rings. The first-order chi connectivity index (χ1) is 13.0. The Balaban J connectivity index is 1.70. The number of piperazine rings is 1. The van der Waals surface area contributed by atoms with Crippen LogP contribution in [0.2, 0.25) is 0 Å². The van der Waals surface area contributed by atoms with Gasteiger partial charge in [-0.1, -0.05) is 6.07 Å². The highest BCUT2D eigenvalue weighted by molar-refractivity contribution is 6.00. The number of aromatic nitrogens is 1. The lowest BCUT2D eigenvalue weighted by Gasteiger charge is -2.35. The van der Waals surface area contributed by atoms with Gasteiger partial charge in [-0.3, -0.25) is 24.8 Å². The van der Waals surface area contributed by atoms with Gasteiger partial charge in [-0.05, 0) is 17.7 Å². The van der Waals surface area contributed by atoms with E-state index in [1.165, 1.54) is 12.1 Å². The summed E-state index contributed by atoms with van der Waals surface area (Å²) in [5.74, 6) is -0.163. The molecule has 142 valence electrons. The smallest absolute Gasteiger partial charge is 0.270 e. The number of nitro benzene ring substituents is 1. The van der Waals surface area contributed by atoms with Gasteiger partial charge in [0.05, 0.1) is 10.5 Å². The topological polar surface area (TPSA) is 82.8 Å². The number of nitro groups is 1. The Morgan fingerprint density at radius 3 is 2.56 bits per heavy atom. The summed E-state index contributed by atoms with van der Waals surface area (Å²) in [6, 6.07) is 8.39. The van der Waals surface area contributed by atoms with Gasteiger partial charge in [-0.15, -0.1) is 0 Å². The Hall–Kier alpha value is -3.00. The van der Waals surface area contributed by atoms with Gasteiger partial charge < -0.3 is 9.80 Å². The highest BCUT2D eigenvalue weighted by Gasteiger charge is 2.26. The van der Waals surface area contributed by atoms with Crippen molar-refractivity contribution in [3.05, 3.63) is 64.0 Å². The average molecular weight is 369 g/mol. The van der Waals surface area contributed by atoms with E-state index in [-0.39, 0.29) is 11.6 Å². The van der Waals surface area contributed by atoms with Gasteiger partial charge >= 0.3 is 0 Å². The minimum absolute atomic E-state index is 0.0702. The van der Waals surface area contributed by atoms with E-state index in [9.17, 15) is 14.9 Å². The maximum atomic E-state index is 13.0. The maximum absolute atomic E-state index is 13.0. The van der Waals surface area contributed by atoms with Crippen molar-refractivity contribution in [1.29, 1.82) is 0 Å². The molecular weight excluding hydrogens is 346 g/mol. The van der Waals surface area contributed by atoms with Crippen molar-refractivity contribution in [2.24, 2.45) is 0 Å². The number of rotatable bonds is 5. The number of hydrogen-bond donors (Lipinski definition) is 0. The minimum Gasteiger partial charge on any atom is -0.377 e. The van der Waals surface area contributed by atoms with Gasteiger partial charge in [-0.2, -0.15) is 0 Å². The molecule has 1 aliphatic rings. The molecule has 1 aromatic heterocycles. The summed E-state index contributed by atoms with van der Waals surface area (Å²) in [5.41, 5.74) is 2.13. The number of pyridine rings is 1. The number of carbonyl (C=O) groups excluding carboxylic acids is 1. The first-order valence-electron chi connectivity index (χ1n) is 8.82. The molecule has 0 bridgehead atoms. The summed E-state index contributed by atoms with van der Waals surface area (Å²) in [7, 11) is 3.65. The van der Waals surface area contributed by atoms with E-state index in [0.29, 0.717) is 24.3 Å². The van der Waals surface area contributed by atoms with Crippen molar-refractivity contribution >= 4 is 17.3 Å². The molecule has 1 saturated heterocycles. The molecule has 3 rings (SSSR count). The molecule has 0 unspecified atom stereocenters. The fourth-order valence-electron chi connectivity index (χ4n) is 3.23. The minimum atomic E-state index is -0.470. The summed E-state index contributed by atoms with van der Waals surface area (Å²) in [6.07, 6.45) is 3.60. The summed E-state index contributed by atoms with van der Waals surface area (Å²) >= 11 is 0. The molecule has 2 heterocycles. The molecule has 1 fully saturated rings. The Labute approximate surface area is 158 Å². The number of nitrogens with zero attached hydrogens (tertiary/aromatic N) is 5. The van der Waals surface area contributed by atoms with E-state index >= 15 is 0 Å². The summed E-state index contributed by atoms with van der Waals surface area (Å²) in [6.45, 7) is 3.50. The van der Waals surface area contributed by atoms with Crippen LogP contribution >= 0.6 is 0 Å². The van der Waals surface area contributed by atoms with Crippen LogP contribution in [0.15, 0.2) is 42.7 Å².